The lowest BCUT2D eigenvalue weighted by Crippen LogP contribution is -2.34. The minimum atomic E-state index is -0.495. The molecule has 33 heavy (non-hydrogen) atoms. The zero-order chi connectivity index (χ0) is 23.0. The fourth-order valence-electron chi connectivity index (χ4n) is 3.41. The molecule has 1 aromatic heterocycles. The SMILES string of the molecule is N#C/C(C(=O)NCCc1ccccc1)=c1/s/c(=C/c2ccccc2)c(=O)n1-c1ccccc1. The standard InChI is InChI=1S/C27H21N3O2S/c28-19-23(25(31)29-17-16-20-10-4-1-5-11-20)27-30(22-14-8-3-9-15-22)26(32)24(33-27)18-21-12-6-2-7-13-21/h1-15,18H,16-17H2,(H,29,31)/b24-18+,27-23-. The molecule has 4 rings (SSSR count). The predicted molar refractivity (Wildman–Crippen MR) is 131 cm³/mol. The number of carbonyl (C=O) groups is 1. The van der Waals surface area contributed by atoms with Crippen molar-refractivity contribution in [1.82, 2.24) is 9.88 Å². The summed E-state index contributed by atoms with van der Waals surface area (Å²) < 4.78 is 2.20. The molecule has 0 aliphatic carbocycles. The van der Waals surface area contributed by atoms with E-state index in [1.54, 1.807) is 18.2 Å². The van der Waals surface area contributed by atoms with E-state index in [1.165, 1.54) is 4.57 Å². The third-order valence-electron chi connectivity index (χ3n) is 5.03. The second kappa shape index (κ2) is 10.4. The number of nitrogens with zero attached hydrogens (tertiary/aromatic N) is 2. The summed E-state index contributed by atoms with van der Waals surface area (Å²) in [5, 5.41) is 12.7. The number of thiazole rings is 1. The van der Waals surface area contributed by atoms with E-state index in [0.717, 1.165) is 22.5 Å². The summed E-state index contributed by atoms with van der Waals surface area (Å²) >= 11 is 1.14. The molecule has 0 saturated heterocycles. The van der Waals surface area contributed by atoms with Crippen molar-refractivity contribution in [2.75, 3.05) is 6.54 Å². The van der Waals surface area contributed by atoms with Crippen molar-refractivity contribution in [2.24, 2.45) is 0 Å². The summed E-state index contributed by atoms with van der Waals surface area (Å²) in [6, 6.07) is 30.4. The van der Waals surface area contributed by atoms with E-state index < -0.39 is 5.91 Å². The maximum absolute atomic E-state index is 13.3. The van der Waals surface area contributed by atoms with Crippen molar-refractivity contribution in [3.63, 3.8) is 0 Å². The van der Waals surface area contributed by atoms with Crippen LogP contribution in [0, 0.1) is 11.3 Å². The molecule has 0 aliphatic rings. The average molecular weight is 452 g/mol. The summed E-state index contributed by atoms with van der Waals surface area (Å²) in [6.07, 6.45) is 2.42. The molecule has 0 radical (unpaired) electrons. The molecule has 0 bridgehead atoms. The topological polar surface area (TPSA) is 74.9 Å². The average Bonchev–Trinajstić information content (AvgIpc) is 3.16. The number of para-hydroxylation sites is 1. The number of rotatable bonds is 6. The third-order valence-corrected chi connectivity index (χ3v) is 6.12. The van der Waals surface area contributed by atoms with Crippen LogP contribution in [0.2, 0.25) is 0 Å². The Morgan fingerprint density at radius 3 is 2.18 bits per heavy atom. The van der Waals surface area contributed by atoms with E-state index in [9.17, 15) is 14.9 Å². The van der Waals surface area contributed by atoms with Gasteiger partial charge in [-0.15, -0.1) is 11.3 Å². The Bertz CT molecular complexity index is 1470. The smallest absolute Gasteiger partial charge is 0.273 e. The molecule has 1 N–H and O–H groups in total. The molecular formula is C27H21N3O2S. The van der Waals surface area contributed by atoms with E-state index in [-0.39, 0.29) is 11.1 Å². The molecule has 6 heteroatoms. The normalized spacial score (nSPS) is 12.2. The number of carbonyl (C=O) groups excluding carboxylic acids is 1. The van der Waals surface area contributed by atoms with Crippen LogP contribution in [0.1, 0.15) is 11.1 Å². The molecule has 3 aromatic carbocycles. The Hall–Kier alpha value is -4.21. The lowest BCUT2D eigenvalue weighted by atomic mass is 10.1. The minimum Gasteiger partial charge on any atom is -0.351 e. The summed E-state index contributed by atoms with van der Waals surface area (Å²) in [7, 11) is 0. The van der Waals surface area contributed by atoms with E-state index in [0.29, 0.717) is 27.8 Å². The Labute approximate surface area is 195 Å². The quantitative estimate of drug-likeness (QED) is 0.490. The zero-order valence-corrected chi connectivity index (χ0v) is 18.6. The Morgan fingerprint density at radius 2 is 1.55 bits per heavy atom. The van der Waals surface area contributed by atoms with Crippen molar-refractivity contribution >= 4 is 28.9 Å². The van der Waals surface area contributed by atoms with Crippen molar-refractivity contribution in [2.45, 2.75) is 6.42 Å². The first-order valence-corrected chi connectivity index (χ1v) is 11.3. The maximum atomic E-state index is 13.3. The van der Waals surface area contributed by atoms with Gasteiger partial charge >= 0.3 is 0 Å². The number of aromatic nitrogens is 1. The van der Waals surface area contributed by atoms with E-state index in [1.807, 2.05) is 84.9 Å². The molecule has 162 valence electrons. The van der Waals surface area contributed by atoms with Crippen molar-refractivity contribution in [3.8, 4) is 11.8 Å². The first kappa shape index (κ1) is 22.0. The van der Waals surface area contributed by atoms with Crippen LogP contribution >= 0.6 is 11.3 Å². The number of hydrogen-bond donors (Lipinski definition) is 1. The van der Waals surface area contributed by atoms with Gasteiger partial charge in [0.05, 0.1) is 10.2 Å². The predicted octanol–water partition coefficient (Wildman–Crippen LogP) is 2.76. The molecule has 0 spiro atoms. The van der Waals surface area contributed by atoms with Crippen LogP contribution < -0.4 is 20.1 Å². The highest BCUT2D eigenvalue weighted by Crippen LogP contribution is 2.05. The van der Waals surface area contributed by atoms with Gasteiger partial charge in [-0.3, -0.25) is 14.2 Å². The van der Waals surface area contributed by atoms with Gasteiger partial charge in [-0.2, -0.15) is 5.26 Å². The molecule has 0 fully saturated rings. The second-order valence-corrected chi connectivity index (χ2v) is 8.31. The van der Waals surface area contributed by atoms with Crippen LogP contribution in [0.4, 0.5) is 0 Å². The van der Waals surface area contributed by atoms with Gasteiger partial charge in [0.25, 0.3) is 11.5 Å². The van der Waals surface area contributed by atoms with Crippen molar-refractivity contribution in [1.29, 1.82) is 5.26 Å². The van der Waals surface area contributed by atoms with Gasteiger partial charge in [-0.1, -0.05) is 78.9 Å². The van der Waals surface area contributed by atoms with Crippen LogP contribution in [0.25, 0.3) is 17.3 Å². The number of nitrogens with one attached hydrogen (secondary N) is 1. The fraction of sp³-hybridized carbons (Fsp3) is 0.0741. The minimum absolute atomic E-state index is 0.0817. The van der Waals surface area contributed by atoms with Crippen LogP contribution in [-0.4, -0.2) is 17.0 Å². The van der Waals surface area contributed by atoms with Gasteiger partial charge in [0.1, 0.15) is 10.7 Å². The second-order valence-electron chi connectivity index (χ2n) is 7.28. The van der Waals surface area contributed by atoms with E-state index in [4.69, 9.17) is 0 Å². The summed E-state index contributed by atoms with van der Waals surface area (Å²) in [6.45, 7) is 0.387. The largest absolute Gasteiger partial charge is 0.351 e. The molecule has 1 heterocycles. The molecule has 1 amide bonds. The highest BCUT2D eigenvalue weighted by atomic mass is 32.1. The summed E-state index contributed by atoms with van der Waals surface area (Å²) in [5.74, 6) is -0.495. The van der Waals surface area contributed by atoms with Crippen LogP contribution in [0.5, 0.6) is 0 Å². The summed E-state index contributed by atoms with van der Waals surface area (Å²) in [4.78, 5) is 26.3. The molecule has 0 saturated carbocycles. The highest BCUT2D eigenvalue weighted by molar-refractivity contribution is 7.07. The number of benzene rings is 3. The maximum Gasteiger partial charge on any atom is 0.273 e. The van der Waals surface area contributed by atoms with Gasteiger partial charge in [-0.05, 0) is 35.8 Å². The Morgan fingerprint density at radius 1 is 0.939 bits per heavy atom. The fourth-order valence-corrected chi connectivity index (χ4v) is 4.51. The van der Waals surface area contributed by atoms with E-state index >= 15 is 0 Å². The molecule has 5 nitrogen and oxygen atoms in total. The van der Waals surface area contributed by atoms with Crippen LogP contribution in [0.15, 0.2) is 95.8 Å². The van der Waals surface area contributed by atoms with Gasteiger partial charge in [0, 0.05) is 6.54 Å². The van der Waals surface area contributed by atoms with Gasteiger partial charge in [0.2, 0.25) is 0 Å². The third kappa shape index (κ3) is 5.17. The van der Waals surface area contributed by atoms with Crippen molar-refractivity contribution < 1.29 is 4.79 Å². The number of hydrogen-bond acceptors (Lipinski definition) is 4. The zero-order valence-electron chi connectivity index (χ0n) is 17.8. The monoisotopic (exact) mass is 451 g/mol. The molecule has 0 aliphatic heterocycles. The van der Waals surface area contributed by atoms with Gasteiger partial charge in [-0.25, -0.2) is 0 Å². The van der Waals surface area contributed by atoms with Crippen LogP contribution in [-0.2, 0) is 11.2 Å². The first-order chi connectivity index (χ1) is 16.2. The lowest BCUT2D eigenvalue weighted by Gasteiger charge is -2.06. The Kier molecular flexibility index (Phi) is 6.93. The van der Waals surface area contributed by atoms with Gasteiger partial charge < -0.3 is 5.32 Å². The number of amides is 1. The Balaban J connectivity index is 1.79. The van der Waals surface area contributed by atoms with E-state index in [2.05, 4.69) is 5.32 Å². The summed E-state index contributed by atoms with van der Waals surface area (Å²) in [5.41, 5.74) is 2.21. The lowest BCUT2D eigenvalue weighted by molar-refractivity contribution is -0.115. The molecule has 0 atom stereocenters. The van der Waals surface area contributed by atoms with Gasteiger partial charge in [0.15, 0.2) is 5.57 Å². The molecule has 0 unspecified atom stereocenters. The number of nitriles is 1. The first-order valence-electron chi connectivity index (χ1n) is 10.5. The van der Waals surface area contributed by atoms with Crippen molar-refractivity contribution in [3.05, 3.63) is 122 Å². The molecular weight excluding hydrogens is 430 g/mol. The molecule has 4 aromatic rings. The highest BCUT2D eigenvalue weighted by Gasteiger charge is 2.16. The van der Waals surface area contributed by atoms with Crippen LogP contribution in [0.3, 0.4) is 0 Å².